The Bertz CT molecular complexity index is 1160. The zero-order chi connectivity index (χ0) is 26.5. The Morgan fingerprint density at radius 1 is 0.865 bits per heavy atom. The van der Waals surface area contributed by atoms with E-state index in [1.165, 1.54) is 24.3 Å². The van der Waals surface area contributed by atoms with Crippen molar-refractivity contribution < 1.29 is 28.9 Å². The van der Waals surface area contributed by atoms with E-state index in [-0.39, 0.29) is 41.8 Å². The highest BCUT2D eigenvalue weighted by atomic mass is 32.1. The maximum Gasteiger partial charge on any atom is 0.410 e. The minimum atomic E-state index is -0.493. The Morgan fingerprint density at radius 3 is 1.89 bits per heavy atom. The third-order valence-corrected chi connectivity index (χ3v) is 6.98. The maximum absolute atomic E-state index is 12.9. The van der Waals surface area contributed by atoms with Gasteiger partial charge >= 0.3 is 12.2 Å². The number of ether oxygens (including phenoxy) is 2. The van der Waals surface area contributed by atoms with Crippen LogP contribution >= 0.6 is 12.6 Å². The topological polar surface area (TPSA) is 145 Å². The predicted molar refractivity (Wildman–Crippen MR) is 134 cm³/mol. The number of nitro groups is 2. The molecule has 37 heavy (non-hydrogen) atoms. The minimum Gasteiger partial charge on any atom is -0.445 e. The molecule has 13 heteroatoms. The molecule has 0 N–H and O–H groups in total. The molecule has 0 unspecified atom stereocenters. The van der Waals surface area contributed by atoms with Crippen molar-refractivity contribution in [1.29, 1.82) is 0 Å². The molecule has 2 amide bonds. The van der Waals surface area contributed by atoms with Gasteiger partial charge in [0.05, 0.1) is 9.85 Å². The molecule has 0 aromatic heterocycles. The molecule has 2 aliphatic heterocycles. The number of nitrogens with zero attached hydrogens (tertiary/aromatic N) is 4. The summed E-state index contributed by atoms with van der Waals surface area (Å²) in [6.07, 6.45) is 0.406. The number of thiol groups is 1. The first kappa shape index (κ1) is 26.2. The van der Waals surface area contributed by atoms with E-state index in [0.717, 1.165) is 0 Å². The van der Waals surface area contributed by atoms with Crippen molar-refractivity contribution in [2.24, 2.45) is 5.92 Å². The molecule has 0 radical (unpaired) electrons. The minimum absolute atomic E-state index is 0.00122. The standard InChI is InChI=1S/C24H26N4O8S/c29-23(35-14-16-1-5-19(6-2-16)27(31)32)25-10-9-18(12-25)22-11-21(37)13-26(22)24(30)36-15-17-3-7-20(8-4-17)28(33)34/h1-8,18,21-22,37H,9-15H2/t18-,21+,22+/m1/s1. The molecule has 0 spiro atoms. The van der Waals surface area contributed by atoms with Crippen molar-refractivity contribution in [3.05, 3.63) is 79.9 Å². The fourth-order valence-electron chi connectivity index (χ4n) is 4.66. The fraction of sp³-hybridized carbons (Fsp3) is 0.417. The largest absolute Gasteiger partial charge is 0.445 e. The molecular weight excluding hydrogens is 504 g/mol. The highest BCUT2D eigenvalue weighted by Gasteiger charge is 2.42. The van der Waals surface area contributed by atoms with Crippen molar-refractivity contribution in [3.8, 4) is 0 Å². The number of hydrogen-bond acceptors (Lipinski definition) is 9. The monoisotopic (exact) mass is 530 g/mol. The summed E-state index contributed by atoms with van der Waals surface area (Å²) in [7, 11) is 0. The number of non-ortho nitro benzene ring substituents is 2. The van der Waals surface area contributed by atoms with Gasteiger partial charge in [0.15, 0.2) is 0 Å². The van der Waals surface area contributed by atoms with Gasteiger partial charge in [0, 0.05) is 55.2 Å². The van der Waals surface area contributed by atoms with Crippen LogP contribution in [0.3, 0.4) is 0 Å². The number of likely N-dealkylation sites (tertiary alicyclic amines) is 2. The van der Waals surface area contributed by atoms with Crippen LogP contribution in [0.5, 0.6) is 0 Å². The smallest absolute Gasteiger partial charge is 0.410 e. The molecule has 0 bridgehead atoms. The van der Waals surface area contributed by atoms with Gasteiger partial charge in [-0.3, -0.25) is 20.2 Å². The average Bonchev–Trinajstić information content (AvgIpc) is 3.53. The van der Waals surface area contributed by atoms with E-state index in [1.807, 2.05) is 0 Å². The first-order valence-corrected chi connectivity index (χ1v) is 12.2. The molecule has 4 rings (SSSR count). The molecule has 2 aromatic carbocycles. The van der Waals surface area contributed by atoms with Crippen LogP contribution < -0.4 is 0 Å². The van der Waals surface area contributed by atoms with Gasteiger partial charge in [-0.05, 0) is 54.2 Å². The Morgan fingerprint density at radius 2 is 1.38 bits per heavy atom. The molecule has 2 heterocycles. The van der Waals surface area contributed by atoms with Gasteiger partial charge in [-0.2, -0.15) is 12.6 Å². The lowest BCUT2D eigenvalue weighted by molar-refractivity contribution is -0.385. The lowest BCUT2D eigenvalue weighted by Gasteiger charge is -2.28. The van der Waals surface area contributed by atoms with E-state index in [4.69, 9.17) is 9.47 Å². The van der Waals surface area contributed by atoms with Crippen LogP contribution in [0, 0.1) is 26.1 Å². The molecule has 12 nitrogen and oxygen atoms in total. The van der Waals surface area contributed by atoms with Crippen LogP contribution in [-0.2, 0) is 22.7 Å². The number of rotatable bonds is 7. The summed E-state index contributed by atoms with van der Waals surface area (Å²) in [5, 5.41) is 21.5. The second kappa shape index (κ2) is 11.5. The maximum atomic E-state index is 12.9. The molecule has 2 aliphatic rings. The van der Waals surface area contributed by atoms with Crippen LogP contribution in [0.25, 0.3) is 0 Å². The molecular formula is C24H26N4O8S. The molecule has 2 aromatic rings. The van der Waals surface area contributed by atoms with Crippen LogP contribution in [0.1, 0.15) is 24.0 Å². The van der Waals surface area contributed by atoms with Gasteiger partial charge in [-0.15, -0.1) is 0 Å². The van der Waals surface area contributed by atoms with Crippen molar-refractivity contribution in [2.45, 2.75) is 37.3 Å². The number of nitro benzene ring substituents is 2. The van der Waals surface area contributed by atoms with Crippen LogP contribution in [-0.4, -0.2) is 62.8 Å². The van der Waals surface area contributed by atoms with E-state index in [2.05, 4.69) is 12.6 Å². The zero-order valence-corrected chi connectivity index (χ0v) is 20.7. The predicted octanol–water partition coefficient (Wildman–Crippen LogP) is 4.17. The van der Waals surface area contributed by atoms with Crippen LogP contribution in [0.2, 0.25) is 0 Å². The third kappa shape index (κ3) is 6.47. The Labute approximate surface area is 217 Å². The van der Waals surface area contributed by atoms with Crippen molar-refractivity contribution in [2.75, 3.05) is 19.6 Å². The Kier molecular flexibility index (Phi) is 8.11. The zero-order valence-electron chi connectivity index (χ0n) is 19.8. The van der Waals surface area contributed by atoms with E-state index in [9.17, 15) is 29.8 Å². The molecule has 2 fully saturated rings. The summed E-state index contributed by atoms with van der Waals surface area (Å²) >= 11 is 4.56. The van der Waals surface area contributed by atoms with E-state index >= 15 is 0 Å². The number of carbonyl (C=O) groups is 2. The van der Waals surface area contributed by atoms with Crippen molar-refractivity contribution >= 4 is 36.2 Å². The summed E-state index contributed by atoms with van der Waals surface area (Å²) in [6.45, 7) is 1.33. The van der Waals surface area contributed by atoms with Crippen LogP contribution in [0.15, 0.2) is 48.5 Å². The second-order valence-electron chi connectivity index (χ2n) is 9.06. The summed E-state index contributed by atoms with van der Waals surface area (Å²) in [5.74, 6) is 0.0380. The van der Waals surface area contributed by atoms with Gasteiger partial charge in [-0.25, -0.2) is 9.59 Å². The van der Waals surface area contributed by atoms with Gasteiger partial charge in [-0.1, -0.05) is 0 Å². The van der Waals surface area contributed by atoms with E-state index in [1.54, 1.807) is 34.1 Å². The summed E-state index contributed by atoms with van der Waals surface area (Å²) < 4.78 is 10.9. The molecule has 0 aliphatic carbocycles. The van der Waals surface area contributed by atoms with Crippen LogP contribution in [0.4, 0.5) is 21.0 Å². The first-order valence-electron chi connectivity index (χ1n) is 11.7. The average molecular weight is 531 g/mol. The number of carbonyl (C=O) groups excluding carboxylic acids is 2. The van der Waals surface area contributed by atoms with Crippen molar-refractivity contribution in [3.63, 3.8) is 0 Å². The molecule has 196 valence electrons. The number of benzene rings is 2. The van der Waals surface area contributed by atoms with E-state index < -0.39 is 22.0 Å². The third-order valence-electron chi connectivity index (χ3n) is 6.60. The fourth-order valence-corrected chi connectivity index (χ4v) is 5.05. The lowest BCUT2D eigenvalue weighted by Crippen LogP contribution is -2.41. The van der Waals surface area contributed by atoms with E-state index in [0.29, 0.717) is 43.6 Å². The molecule has 0 saturated carbocycles. The van der Waals surface area contributed by atoms with Crippen molar-refractivity contribution in [1.82, 2.24) is 9.80 Å². The Hall–Kier alpha value is -3.87. The Balaban J connectivity index is 1.28. The number of amides is 2. The highest BCUT2D eigenvalue weighted by Crippen LogP contribution is 2.33. The summed E-state index contributed by atoms with van der Waals surface area (Å²) in [6, 6.07) is 11.5. The van der Waals surface area contributed by atoms with Gasteiger partial charge in [0.1, 0.15) is 13.2 Å². The van der Waals surface area contributed by atoms with Gasteiger partial charge in [0.2, 0.25) is 0 Å². The first-order chi connectivity index (χ1) is 17.7. The molecule has 2 saturated heterocycles. The van der Waals surface area contributed by atoms with Gasteiger partial charge in [0.25, 0.3) is 11.4 Å². The summed E-state index contributed by atoms with van der Waals surface area (Å²) in [4.78, 5) is 49.3. The lowest BCUT2D eigenvalue weighted by atomic mass is 9.97. The quantitative estimate of drug-likeness (QED) is 0.319. The normalized spacial score (nSPS) is 21.1. The highest BCUT2D eigenvalue weighted by molar-refractivity contribution is 7.81. The number of hydrogen-bond donors (Lipinski definition) is 1. The second-order valence-corrected chi connectivity index (χ2v) is 9.79. The SMILES string of the molecule is O=C(OCc1ccc([N+](=O)[O-])cc1)N1CC[C@@H]([C@@H]2C[C@H](S)CN2C(=O)OCc2ccc([N+](=O)[O-])cc2)C1. The summed E-state index contributed by atoms with van der Waals surface area (Å²) in [5.41, 5.74) is 1.21. The molecule has 3 atom stereocenters. The van der Waals surface area contributed by atoms with Gasteiger partial charge < -0.3 is 19.3 Å².